The molecule has 2 aliphatic rings. The fraction of sp³-hybridized carbons (Fsp3) is 1.00. The van der Waals surface area contributed by atoms with Crippen LogP contribution in [0.15, 0.2) is 0 Å². The number of halogens is 1. The van der Waals surface area contributed by atoms with Crippen LogP contribution in [-0.2, 0) is 14.8 Å². The SMILES string of the molecule is O=S(=O)(NCC1(CCl)CCCCC1)C1CCOCC1. The van der Waals surface area contributed by atoms with Crippen LogP contribution in [0.3, 0.4) is 0 Å². The molecule has 2 fully saturated rings. The van der Waals surface area contributed by atoms with Crippen molar-refractivity contribution in [3.05, 3.63) is 0 Å². The van der Waals surface area contributed by atoms with E-state index in [1.165, 1.54) is 6.42 Å². The number of hydrogen-bond donors (Lipinski definition) is 1. The first-order valence-electron chi connectivity index (χ1n) is 7.20. The molecule has 1 aliphatic heterocycles. The maximum absolute atomic E-state index is 12.3. The van der Waals surface area contributed by atoms with Gasteiger partial charge >= 0.3 is 0 Å². The van der Waals surface area contributed by atoms with Gasteiger partial charge in [-0.3, -0.25) is 0 Å². The summed E-state index contributed by atoms with van der Waals surface area (Å²) in [6, 6.07) is 0. The largest absolute Gasteiger partial charge is 0.381 e. The number of alkyl halides is 1. The van der Waals surface area contributed by atoms with Crippen LogP contribution >= 0.6 is 11.6 Å². The van der Waals surface area contributed by atoms with Crippen molar-refractivity contribution in [3.63, 3.8) is 0 Å². The summed E-state index contributed by atoms with van der Waals surface area (Å²) in [5.74, 6) is 0.545. The van der Waals surface area contributed by atoms with Gasteiger partial charge in [-0.2, -0.15) is 0 Å². The molecule has 0 atom stereocenters. The predicted octanol–water partition coefficient (Wildman–Crippen LogP) is 2.27. The molecular formula is C13H24ClNO3S. The number of nitrogens with one attached hydrogen (secondary N) is 1. The number of hydrogen-bond acceptors (Lipinski definition) is 3. The predicted molar refractivity (Wildman–Crippen MR) is 77.0 cm³/mol. The van der Waals surface area contributed by atoms with E-state index in [9.17, 15) is 8.42 Å². The summed E-state index contributed by atoms with van der Waals surface area (Å²) in [6.45, 7) is 1.59. The van der Waals surface area contributed by atoms with Gasteiger partial charge in [0.25, 0.3) is 0 Å². The quantitative estimate of drug-likeness (QED) is 0.793. The molecule has 1 heterocycles. The Balaban J connectivity index is 1.92. The molecule has 0 bridgehead atoms. The normalized spacial score (nSPS) is 25.3. The molecule has 4 nitrogen and oxygen atoms in total. The minimum atomic E-state index is -3.22. The minimum absolute atomic E-state index is 0.0297. The van der Waals surface area contributed by atoms with E-state index in [-0.39, 0.29) is 10.7 Å². The zero-order valence-electron chi connectivity index (χ0n) is 11.4. The molecule has 112 valence electrons. The second-order valence-corrected chi connectivity index (χ2v) is 8.18. The Morgan fingerprint density at radius 2 is 1.79 bits per heavy atom. The van der Waals surface area contributed by atoms with Gasteiger partial charge in [0.2, 0.25) is 10.0 Å². The smallest absolute Gasteiger partial charge is 0.214 e. The van der Waals surface area contributed by atoms with Gasteiger partial charge in [0.15, 0.2) is 0 Å². The summed E-state index contributed by atoms with van der Waals surface area (Å²) in [5, 5.41) is -0.294. The Morgan fingerprint density at radius 3 is 2.37 bits per heavy atom. The average molecular weight is 310 g/mol. The van der Waals surface area contributed by atoms with Gasteiger partial charge in [-0.15, -0.1) is 11.6 Å². The molecule has 19 heavy (non-hydrogen) atoms. The fourth-order valence-corrected chi connectivity index (χ4v) is 4.94. The molecule has 0 unspecified atom stereocenters. The van der Waals surface area contributed by atoms with Gasteiger partial charge in [-0.25, -0.2) is 13.1 Å². The van der Waals surface area contributed by atoms with Gasteiger partial charge in [0.1, 0.15) is 0 Å². The standard InChI is InChI=1S/C13H24ClNO3S/c14-10-13(6-2-1-3-7-13)11-15-19(16,17)12-4-8-18-9-5-12/h12,15H,1-11H2. The van der Waals surface area contributed by atoms with Crippen molar-refractivity contribution in [1.29, 1.82) is 0 Å². The van der Waals surface area contributed by atoms with E-state index in [1.54, 1.807) is 0 Å². The molecule has 1 saturated heterocycles. The summed E-state index contributed by atoms with van der Waals surface area (Å²) >= 11 is 6.10. The van der Waals surface area contributed by atoms with Crippen LogP contribution < -0.4 is 4.72 Å². The number of ether oxygens (including phenoxy) is 1. The third-order valence-electron chi connectivity index (χ3n) is 4.45. The van der Waals surface area contributed by atoms with E-state index in [2.05, 4.69) is 4.72 Å². The molecule has 0 radical (unpaired) electrons. The van der Waals surface area contributed by atoms with Crippen LogP contribution in [0.25, 0.3) is 0 Å². The molecule has 1 saturated carbocycles. The average Bonchev–Trinajstić information content (AvgIpc) is 2.47. The third-order valence-corrected chi connectivity index (χ3v) is 6.92. The van der Waals surface area contributed by atoms with Crippen molar-refractivity contribution in [2.75, 3.05) is 25.6 Å². The number of sulfonamides is 1. The highest BCUT2D eigenvalue weighted by Crippen LogP contribution is 2.37. The van der Waals surface area contributed by atoms with E-state index < -0.39 is 10.0 Å². The third kappa shape index (κ3) is 4.06. The minimum Gasteiger partial charge on any atom is -0.381 e. The van der Waals surface area contributed by atoms with Crippen LogP contribution in [0.4, 0.5) is 0 Å². The van der Waals surface area contributed by atoms with E-state index >= 15 is 0 Å². The zero-order chi connectivity index (χ0) is 13.8. The molecule has 2 rings (SSSR count). The Morgan fingerprint density at radius 1 is 1.16 bits per heavy atom. The van der Waals surface area contributed by atoms with Crippen molar-refractivity contribution in [1.82, 2.24) is 4.72 Å². The van der Waals surface area contributed by atoms with Crippen LogP contribution in [0, 0.1) is 5.41 Å². The molecular weight excluding hydrogens is 286 g/mol. The lowest BCUT2D eigenvalue weighted by atomic mass is 9.76. The maximum atomic E-state index is 12.3. The van der Waals surface area contributed by atoms with E-state index in [4.69, 9.17) is 16.3 Å². The Labute approximate surface area is 121 Å². The number of rotatable bonds is 5. The van der Waals surface area contributed by atoms with E-state index in [0.717, 1.165) is 25.7 Å². The fourth-order valence-electron chi connectivity index (χ4n) is 3.02. The Kier molecular flexibility index (Phi) is 5.52. The van der Waals surface area contributed by atoms with Gasteiger partial charge in [0.05, 0.1) is 5.25 Å². The van der Waals surface area contributed by atoms with Gasteiger partial charge in [-0.05, 0) is 31.1 Å². The Bertz CT molecular complexity index is 373. The van der Waals surface area contributed by atoms with Gasteiger partial charge in [-0.1, -0.05) is 19.3 Å². The monoisotopic (exact) mass is 309 g/mol. The van der Waals surface area contributed by atoms with Crippen LogP contribution in [-0.4, -0.2) is 39.3 Å². The summed E-state index contributed by atoms with van der Waals surface area (Å²) in [5.41, 5.74) is -0.0297. The molecule has 1 N–H and O–H groups in total. The first-order chi connectivity index (χ1) is 9.08. The molecule has 0 spiro atoms. The molecule has 0 amide bonds. The van der Waals surface area contributed by atoms with Gasteiger partial charge in [0, 0.05) is 25.6 Å². The summed E-state index contributed by atoms with van der Waals surface area (Å²) in [4.78, 5) is 0. The Hall–Kier alpha value is 0.160. The van der Waals surface area contributed by atoms with Crippen LogP contribution in [0.5, 0.6) is 0 Å². The van der Waals surface area contributed by atoms with Crippen LogP contribution in [0.2, 0.25) is 0 Å². The topological polar surface area (TPSA) is 55.4 Å². The lowest BCUT2D eigenvalue weighted by molar-refractivity contribution is 0.0980. The lowest BCUT2D eigenvalue weighted by Gasteiger charge is -2.36. The summed E-state index contributed by atoms with van der Waals surface area (Å²) in [7, 11) is -3.22. The first-order valence-corrected chi connectivity index (χ1v) is 9.28. The zero-order valence-corrected chi connectivity index (χ0v) is 12.9. The molecule has 1 aliphatic carbocycles. The summed E-state index contributed by atoms with van der Waals surface area (Å²) in [6.07, 6.45) is 6.83. The van der Waals surface area contributed by atoms with Crippen molar-refractivity contribution >= 4 is 21.6 Å². The second kappa shape index (κ2) is 6.74. The highest BCUT2D eigenvalue weighted by molar-refractivity contribution is 7.90. The second-order valence-electron chi connectivity index (χ2n) is 5.87. The first kappa shape index (κ1) is 15.5. The van der Waals surface area contributed by atoms with Crippen molar-refractivity contribution in [2.45, 2.75) is 50.2 Å². The maximum Gasteiger partial charge on any atom is 0.214 e. The molecule has 0 aromatic carbocycles. The van der Waals surface area contributed by atoms with E-state index in [0.29, 0.717) is 38.5 Å². The highest BCUT2D eigenvalue weighted by Gasteiger charge is 2.34. The lowest BCUT2D eigenvalue weighted by Crippen LogP contribution is -2.44. The van der Waals surface area contributed by atoms with Crippen LogP contribution in [0.1, 0.15) is 44.9 Å². The highest BCUT2D eigenvalue weighted by atomic mass is 35.5. The molecule has 0 aromatic rings. The van der Waals surface area contributed by atoms with Crippen molar-refractivity contribution in [3.8, 4) is 0 Å². The molecule has 6 heteroatoms. The van der Waals surface area contributed by atoms with Gasteiger partial charge < -0.3 is 4.74 Å². The van der Waals surface area contributed by atoms with Crippen molar-refractivity contribution in [2.24, 2.45) is 5.41 Å². The van der Waals surface area contributed by atoms with Crippen molar-refractivity contribution < 1.29 is 13.2 Å². The van der Waals surface area contributed by atoms with E-state index in [1.807, 2.05) is 0 Å². The summed E-state index contributed by atoms with van der Waals surface area (Å²) < 4.78 is 32.6. The molecule has 0 aromatic heterocycles.